The lowest BCUT2D eigenvalue weighted by Gasteiger charge is -2.19. The predicted octanol–water partition coefficient (Wildman–Crippen LogP) is 5.55. The fraction of sp³-hybridized carbons (Fsp3) is 0.333. The molecule has 2 nitrogen and oxygen atoms in total. The molecule has 0 N–H and O–H groups in total. The monoisotopic (exact) mass is 378 g/mol. The second kappa shape index (κ2) is 7.88. The summed E-state index contributed by atoms with van der Waals surface area (Å²) in [7, 11) is 0. The highest BCUT2D eigenvalue weighted by Crippen LogP contribution is 2.30. The van der Waals surface area contributed by atoms with E-state index < -0.39 is 47.5 Å². The molecule has 0 spiro atoms. The van der Waals surface area contributed by atoms with Crippen molar-refractivity contribution < 1.29 is 35.8 Å². The molecule has 0 unspecified atom stereocenters. The van der Waals surface area contributed by atoms with Crippen LogP contribution in [-0.2, 0) is 6.42 Å². The molecule has 0 atom stereocenters. The molecule has 0 bridgehead atoms. The number of aryl methyl sites for hydroxylation is 2. The van der Waals surface area contributed by atoms with Gasteiger partial charge in [0.2, 0.25) is 11.6 Å². The molecular formula is C18H16F6O2. The van der Waals surface area contributed by atoms with Gasteiger partial charge in [-0.1, -0.05) is 25.5 Å². The quantitative estimate of drug-likeness (QED) is 0.588. The summed E-state index contributed by atoms with van der Waals surface area (Å²) in [5.41, 5.74) is 0.0108. The molecule has 0 saturated carbocycles. The van der Waals surface area contributed by atoms with E-state index in [1.165, 1.54) is 6.92 Å². The van der Waals surface area contributed by atoms with Gasteiger partial charge in [0.05, 0.1) is 0 Å². The largest absolute Gasteiger partial charge is 0.480 e. The summed E-state index contributed by atoms with van der Waals surface area (Å²) in [6, 6.07) is 4.14. The van der Waals surface area contributed by atoms with Gasteiger partial charge in [0.1, 0.15) is 0 Å². The van der Waals surface area contributed by atoms with Crippen molar-refractivity contribution in [1.29, 1.82) is 0 Å². The SMILES string of the molecule is CCCc1ccc(OC(F)(F)COc2ccc(C)c(F)c2F)c(F)c1F. The Morgan fingerprint density at radius 1 is 0.846 bits per heavy atom. The van der Waals surface area contributed by atoms with Gasteiger partial charge >= 0.3 is 6.11 Å². The first-order chi connectivity index (χ1) is 12.2. The molecule has 2 aromatic carbocycles. The summed E-state index contributed by atoms with van der Waals surface area (Å²) in [5.74, 6) is -7.24. The lowest BCUT2D eigenvalue weighted by Crippen LogP contribution is -2.33. The standard InChI is InChI=1S/C18H16F6O2/c1-3-4-11-6-8-13(17(22)15(11)20)26-18(23,24)9-25-12-7-5-10(2)14(19)16(12)21/h5-8H,3-4,9H2,1-2H3. The Kier molecular flexibility index (Phi) is 6.05. The average Bonchev–Trinajstić information content (AvgIpc) is 2.59. The van der Waals surface area contributed by atoms with E-state index in [0.29, 0.717) is 6.42 Å². The molecule has 0 saturated heterocycles. The Hall–Kier alpha value is -2.38. The van der Waals surface area contributed by atoms with E-state index in [4.69, 9.17) is 0 Å². The van der Waals surface area contributed by atoms with Gasteiger partial charge in [0.15, 0.2) is 29.7 Å². The van der Waals surface area contributed by atoms with Crippen LogP contribution in [0.1, 0.15) is 24.5 Å². The van der Waals surface area contributed by atoms with Gasteiger partial charge in [0, 0.05) is 0 Å². The van der Waals surface area contributed by atoms with Crippen molar-refractivity contribution in [1.82, 2.24) is 0 Å². The zero-order valence-electron chi connectivity index (χ0n) is 14.0. The van der Waals surface area contributed by atoms with Gasteiger partial charge in [0.25, 0.3) is 0 Å². The molecule has 2 aromatic rings. The third-order valence-electron chi connectivity index (χ3n) is 3.54. The van der Waals surface area contributed by atoms with Crippen LogP contribution in [0.25, 0.3) is 0 Å². The molecule has 26 heavy (non-hydrogen) atoms. The van der Waals surface area contributed by atoms with Crippen molar-refractivity contribution in [2.24, 2.45) is 0 Å². The van der Waals surface area contributed by atoms with Crippen molar-refractivity contribution in [2.75, 3.05) is 6.61 Å². The van der Waals surface area contributed by atoms with E-state index >= 15 is 0 Å². The number of halogens is 6. The number of hydrogen-bond acceptors (Lipinski definition) is 2. The zero-order valence-corrected chi connectivity index (χ0v) is 14.0. The minimum Gasteiger partial charge on any atom is -0.480 e. The number of rotatable bonds is 7. The van der Waals surface area contributed by atoms with Crippen LogP contribution >= 0.6 is 0 Å². The third kappa shape index (κ3) is 4.42. The lowest BCUT2D eigenvalue weighted by atomic mass is 10.1. The summed E-state index contributed by atoms with van der Waals surface area (Å²) in [6.45, 7) is 1.52. The van der Waals surface area contributed by atoms with E-state index in [1.807, 2.05) is 0 Å². The van der Waals surface area contributed by atoms with Crippen LogP contribution < -0.4 is 9.47 Å². The third-order valence-corrected chi connectivity index (χ3v) is 3.54. The number of hydrogen-bond donors (Lipinski definition) is 0. The van der Waals surface area contributed by atoms with E-state index in [-0.39, 0.29) is 17.5 Å². The second-order valence-corrected chi connectivity index (χ2v) is 5.64. The van der Waals surface area contributed by atoms with Crippen molar-refractivity contribution >= 4 is 0 Å². The molecule has 0 amide bonds. The number of benzene rings is 2. The van der Waals surface area contributed by atoms with E-state index in [0.717, 1.165) is 24.3 Å². The number of alkyl halides is 2. The van der Waals surface area contributed by atoms with Gasteiger partial charge in [-0.05, 0) is 36.6 Å². The molecule has 0 heterocycles. The highest BCUT2D eigenvalue weighted by atomic mass is 19.3. The molecule has 0 radical (unpaired) electrons. The van der Waals surface area contributed by atoms with Crippen LogP contribution in [0.15, 0.2) is 24.3 Å². The van der Waals surface area contributed by atoms with Crippen LogP contribution in [0.3, 0.4) is 0 Å². The maximum Gasteiger partial charge on any atom is 0.433 e. The van der Waals surface area contributed by atoms with E-state index in [2.05, 4.69) is 9.47 Å². The van der Waals surface area contributed by atoms with Crippen LogP contribution in [0, 0.1) is 30.2 Å². The molecule has 0 aliphatic rings. The van der Waals surface area contributed by atoms with Crippen molar-refractivity contribution in [2.45, 2.75) is 32.8 Å². The second-order valence-electron chi connectivity index (χ2n) is 5.64. The van der Waals surface area contributed by atoms with Crippen LogP contribution in [0.4, 0.5) is 26.3 Å². The van der Waals surface area contributed by atoms with Crippen molar-refractivity contribution in [3.63, 3.8) is 0 Å². The number of ether oxygens (including phenoxy) is 2. The first-order valence-electron chi connectivity index (χ1n) is 7.77. The fourth-order valence-corrected chi connectivity index (χ4v) is 2.20. The molecule has 0 aliphatic heterocycles. The summed E-state index contributed by atoms with van der Waals surface area (Å²) in [5, 5.41) is 0. The fourth-order valence-electron chi connectivity index (χ4n) is 2.20. The smallest absolute Gasteiger partial charge is 0.433 e. The molecular weight excluding hydrogens is 362 g/mol. The summed E-state index contributed by atoms with van der Waals surface area (Å²) in [4.78, 5) is 0. The first kappa shape index (κ1) is 19.9. The maximum atomic E-state index is 13.9. The minimum atomic E-state index is -4.10. The first-order valence-corrected chi connectivity index (χ1v) is 7.77. The van der Waals surface area contributed by atoms with Crippen LogP contribution in [0.5, 0.6) is 11.5 Å². The molecule has 2 rings (SSSR count). The predicted molar refractivity (Wildman–Crippen MR) is 82.5 cm³/mol. The van der Waals surface area contributed by atoms with Gasteiger partial charge in [-0.2, -0.15) is 17.6 Å². The minimum absolute atomic E-state index is 0.0254. The van der Waals surface area contributed by atoms with E-state index in [1.54, 1.807) is 6.92 Å². The topological polar surface area (TPSA) is 18.5 Å². The Balaban J connectivity index is 2.12. The molecule has 142 valence electrons. The molecule has 0 aromatic heterocycles. The van der Waals surface area contributed by atoms with E-state index in [9.17, 15) is 26.3 Å². The van der Waals surface area contributed by atoms with Crippen LogP contribution in [-0.4, -0.2) is 12.7 Å². The summed E-state index contributed by atoms with van der Waals surface area (Å²) in [6.07, 6.45) is -3.33. The Bertz CT molecular complexity index is 792. The Morgan fingerprint density at radius 3 is 2.12 bits per heavy atom. The van der Waals surface area contributed by atoms with Crippen molar-refractivity contribution in [3.8, 4) is 11.5 Å². The maximum absolute atomic E-state index is 13.9. The molecule has 8 heteroatoms. The van der Waals surface area contributed by atoms with Crippen molar-refractivity contribution in [3.05, 3.63) is 58.7 Å². The van der Waals surface area contributed by atoms with Gasteiger partial charge in [-0.3, -0.25) is 0 Å². The normalized spacial score (nSPS) is 11.5. The summed E-state index contributed by atoms with van der Waals surface area (Å²) < 4.78 is 91.0. The van der Waals surface area contributed by atoms with Gasteiger partial charge < -0.3 is 9.47 Å². The van der Waals surface area contributed by atoms with Gasteiger partial charge in [-0.15, -0.1) is 0 Å². The highest BCUT2D eigenvalue weighted by Gasteiger charge is 2.35. The van der Waals surface area contributed by atoms with Gasteiger partial charge in [-0.25, -0.2) is 8.78 Å². The Morgan fingerprint density at radius 2 is 1.46 bits per heavy atom. The lowest BCUT2D eigenvalue weighted by molar-refractivity contribution is -0.197. The van der Waals surface area contributed by atoms with Crippen LogP contribution in [0.2, 0.25) is 0 Å². The highest BCUT2D eigenvalue weighted by molar-refractivity contribution is 5.32. The average molecular weight is 378 g/mol. The Labute approximate surface area is 146 Å². The zero-order chi connectivity index (χ0) is 19.5. The summed E-state index contributed by atoms with van der Waals surface area (Å²) >= 11 is 0. The molecule has 0 aliphatic carbocycles. The molecule has 0 fully saturated rings.